The summed E-state index contributed by atoms with van der Waals surface area (Å²) < 4.78 is 26.7. The molecule has 154 valence electrons. The second-order valence-corrected chi connectivity index (χ2v) is 10.8. The maximum Gasteiger partial charge on any atom is 0.244 e. The number of carbonyl (C=O) groups is 1. The molecule has 3 rings (SSSR count). The predicted molar refractivity (Wildman–Crippen MR) is 113 cm³/mol. The molecular formula is C18H21N5O3S3. The number of sulfonamides is 1. The van der Waals surface area contributed by atoms with Crippen molar-refractivity contribution in [3.8, 4) is 6.07 Å². The summed E-state index contributed by atoms with van der Waals surface area (Å²) in [5.74, 6) is 0.355. The number of nitriles is 1. The van der Waals surface area contributed by atoms with Gasteiger partial charge in [0.05, 0.1) is 17.4 Å². The van der Waals surface area contributed by atoms with Crippen LogP contribution in [0.25, 0.3) is 0 Å². The molecule has 0 bridgehead atoms. The van der Waals surface area contributed by atoms with Crippen LogP contribution in [0, 0.1) is 11.3 Å². The van der Waals surface area contributed by atoms with Gasteiger partial charge in [-0.05, 0) is 37.0 Å². The van der Waals surface area contributed by atoms with Crippen molar-refractivity contribution in [2.45, 2.75) is 42.3 Å². The zero-order valence-corrected chi connectivity index (χ0v) is 18.3. The second kappa shape index (κ2) is 9.67. The van der Waals surface area contributed by atoms with E-state index in [1.54, 1.807) is 19.1 Å². The van der Waals surface area contributed by atoms with Gasteiger partial charge in [0.15, 0.2) is 4.34 Å². The fourth-order valence-electron chi connectivity index (χ4n) is 3.04. The number of benzene rings is 1. The summed E-state index contributed by atoms with van der Waals surface area (Å²) in [6, 6.07) is 8.70. The molecule has 29 heavy (non-hydrogen) atoms. The third kappa shape index (κ3) is 5.54. The van der Waals surface area contributed by atoms with Crippen LogP contribution in [0.4, 0.5) is 5.13 Å². The number of nitrogens with zero attached hydrogens (tertiary/aromatic N) is 4. The molecule has 1 aromatic heterocycles. The summed E-state index contributed by atoms with van der Waals surface area (Å²) in [5.41, 5.74) is 1.67. The van der Waals surface area contributed by atoms with Crippen LogP contribution in [-0.4, -0.2) is 47.2 Å². The Bertz CT molecular complexity index is 998. The average molecular weight is 452 g/mol. The molecule has 1 N–H and O–H groups in total. The highest BCUT2D eigenvalue weighted by Gasteiger charge is 2.38. The van der Waals surface area contributed by atoms with Crippen molar-refractivity contribution in [3.63, 3.8) is 0 Å². The molecule has 1 amide bonds. The van der Waals surface area contributed by atoms with Crippen molar-refractivity contribution < 1.29 is 13.2 Å². The summed E-state index contributed by atoms with van der Waals surface area (Å²) in [7, 11) is -3.42. The highest BCUT2D eigenvalue weighted by molar-refractivity contribution is 8.00. The Morgan fingerprint density at radius 3 is 2.83 bits per heavy atom. The third-order valence-corrected chi connectivity index (χ3v) is 8.53. The second-order valence-electron chi connectivity index (χ2n) is 6.54. The molecule has 0 unspecified atom stereocenters. The Morgan fingerprint density at radius 1 is 1.38 bits per heavy atom. The van der Waals surface area contributed by atoms with Gasteiger partial charge in [0.1, 0.15) is 6.04 Å². The number of amides is 1. The minimum Gasteiger partial charge on any atom is -0.299 e. The van der Waals surface area contributed by atoms with Crippen molar-refractivity contribution in [2.75, 3.05) is 17.6 Å². The number of aromatic nitrogens is 2. The van der Waals surface area contributed by atoms with Crippen LogP contribution in [-0.2, 0) is 20.6 Å². The molecule has 2 heterocycles. The Labute approximate surface area is 178 Å². The van der Waals surface area contributed by atoms with Crippen molar-refractivity contribution in [3.05, 3.63) is 35.4 Å². The number of rotatable bonds is 8. The lowest BCUT2D eigenvalue weighted by Crippen LogP contribution is -2.44. The summed E-state index contributed by atoms with van der Waals surface area (Å²) in [6.45, 7) is 2.18. The fraction of sp³-hybridized carbons (Fsp3) is 0.444. The molecule has 8 nitrogen and oxygen atoms in total. The Balaban J connectivity index is 1.57. The number of nitrogens with one attached hydrogen (secondary N) is 1. The maximum atomic E-state index is 12.6. The van der Waals surface area contributed by atoms with E-state index in [1.165, 1.54) is 27.4 Å². The Hall–Kier alpha value is -2.00. The quantitative estimate of drug-likeness (QED) is 0.484. The molecule has 1 aliphatic heterocycles. The number of thioether (sulfide) groups is 1. The van der Waals surface area contributed by atoms with Crippen LogP contribution in [0.5, 0.6) is 0 Å². The number of hydrogen-bond acceptors (Lipinski definition) is 8. The van der Waals surface area contributed by atoms with E-state index >= 15 is 0 Å². The van der Waals surface area contributed by atoms with Gasteiger partial charge in [-0.2, -0.15) is 9.57 Å². The first-order valence-corrected chi connectivity index (χ1v) is 12.6. The molecule has 0 spiro atoms. The van der Waals surface area contributed by atoms with Crippen molar-refractivity contribution in [2.24, 2.45) is 0 Å². The van der Waals surface area contributed by atoms with Gasteiger partial charge in [0.2, 0.25) is 21.1 Å². The highest BCUT2D eigenvalue weighted by Crippen LogP contribution is 2.29. The van der Waals surface area contributed by atoms with Gasteiger partial charge >= 0.3 is 0 Å². The van der Waals surface area contributed by atoms with Gasteiger partial charge in [-0.1, -0.05) is 42.2 Å². The van der Waals surface area contributed by atoms with E-state index in [0.29, 0.717) is 46.6 Å². The number of anilines is 1. The lowest BCUT2D eigenvalue weighted by atomic mass is 10.2. The monoisotopic (exact) mass is 451 g/mol. The van der Waals surface area contributed by atoms with E-state index in [2.05, 4.69) is 21.6 Å². The van der Waals surface area contributed by atoms with Gasteiger partial charge in [0.25, 0.3) is 0 Å². The van der Waals surface area contributed by atoms with Gasteiger partial charge in [-0.3, -0.25) is 10.1 Å². The minimum absolute atomic E-state index is 0.0473. The van der Waals surface area contributed by atoms with Crippen LogP contribution in [0.3, 0.4) is 0 Å². The Morgan fingerprint density at radius 2 is 2.14 bits per heavy atom. The van der Waals surface area contributed by atoms with Crippen molar-refractivity contribution in [1.82, 2.24) is 14.5 Å². The average Bonchev–Trinajstić information content (AvgIpc) is 3.37. The predicted octanol–water partition coefficient (Wildman–Crippen LogP) is 2.84. The van der Waals surface area contributed by atoms with Gasteiger partial charge in [0, 0.05) is 12.3 Å². The van der Waals surface area contributed by atoms with E-state index in [-0.39, 0.29) is 11.7 Å². The van der Waals surface area contributed by atoms with Crippen LogP contribution in [0.15, 0.2) is 28.6 Å². The van der Waals surface area contributed by atoms with Crippen molar-refractivity contribution >= 4 is 44.2 Å². The highest BCUT2D eigenvalue weighted by atomic mass is 32.2. The van der Waals surface area contributed by atoms with Gasteiger partial charge < -0.3 is 0 Å². The van der Waals surface area contributed by atoms with Crippen LogP contribution < -0.4 is 5.32 Å². The normalized spacial score (nSPS) is 17.2. The van der Waals surface area contributed by atoms with E-state index in [1.807, 2.05) is 12.1 Å². The minimum atomic E-state index is -3.42. The van der Waals surface area contributed by atoms with E-state index in [4.69, 9.17) is 5.26 Å². The smallest absolute Gasteiger partial charge is 0.244 e. The maximum absolute atomic E-state index is 12.6. The number of hydrogen-bond donors (Lipinski definition) is 1. The summed E-state index contributed by atoms with van der Waals surface area (Å²) in [4.78, 5) is 12.6. The van der Waals surface area contributed by atoms with E-state index in [9.17, 15) is 13.2 Å². The van der Waals surface area contributed by atoms with E-state index in [0.717, 1.165) is 5.56 Å². The largest absolute Gasteiger partial charge is 0.299 e. The molecule has 0 aliphatic carbocycles. The van der Waals surface area contributed by atoms with Crippen LogP contribution in [0.1, 0.15) is 37.3 Å². The molecular weight excluding hydrogens is 430 g/mol. The topological polar surface area (TPSA) is 116 Å². The molecule has 1 saturated heterocycles. The number of carbonyl (C=O) groups excluding carboxylic acids is 1. The molecule has 0 radical (unpaired) electrons. The standard InChI is InChI=1S/C18H21N5O3S3/c1-2-10-29(25,26)23-9-3-4-15(23)16(24)20-17-21-22-18(28-17)27-12-14-7-5-13(11-19)6-8-14/h5-8,15H,2-4,9-10,12H2,1H3,(H,20,21,24)/t15-/m0/s1. The molecule has 1 fully saturated rings. The summed E-state index contributed by atoms with van der Waals surface area (Å²) in [6.07, 6.45) is 1.69. The first-order valence-electron chi connectivity index (χ1n) is 9.18. The lowest BCUT2D eigenvalue weighted by molar-refractivity contribution is -0.119. The lowest BCUT2D eigenvalue weighted by Gasteiger charge is -2.22. The first-order chi connectivity index (χ1) is 13.9. The SMILES string of the molecule is CCCS(=O)(=O)N1CCC[C@H]1C(=O)Nc1nnc(SCc2ccc(C#N)cc2)s1. The Kier molecular flexibility index (Phi) is 7.23. The third-order valence-electron chi connectivity index (χ3n) is 4.41. The summed E-state index contributed by atoms with van der Waals surface area (Å²) >= 11 is 2.74. The molecule has 2 aromatic rings. The van der Waals surface area contributed by atoms with Crippen molar-refractivity contribution in [1.29, 1.82) is 5.26 Å². The zero-order chi connectivity index (χ0) is 20.9. The molecule has 0 saturated carbocycles. The fourth-order valence-corrected chi connectivity index (χ4v) is 6.50. The van der Waals surface area contributed by atoms with Crippen LogP contribution >= 0.6 is 23.1 Å². The molecule has 1 aliphatic rings. The van der Waals surface area contributed by atoms with E-state index < -0.39 is 16.1 Å². The first kappa shape index (κ1) is 21.7. The van der Waals surface area contributed by atoms with Gasteiger partial charge in [-0.15, -0.1) is 10.2 Å². The van der Waals surface area contributed by atoms with Gasteiger partial charge in [-0.25, -0.2) is 8.42 Å². The summed E-state index contributed by atoms with van der Waals surface area (Å²) in [5, 5.41) is 20.0. The molecule has 1 aromatic carbocycles. The van der Waals surface area contributed by atoms with Crippen LogP contribution in [0.2, 0.25) is 0 Å². The molecule has 11 heteroatoms. The molecule has 1 atom stereocenters. The zero-order valence-electron chi connectivity index (χ0n) is 15.9.